The molecule has 0 bridgehead atoms. The number of hydrogen-bond donors (Lipinski definition) is 1. The Kier molecular flexibility index (Phi) is 8.70. The van der Waals surface area contributed by atoms with E-state index in [-0.39, 0.29) is 11.6 Å². The van der Waals surface area contributed by atoms with Crippen molar-refractivity contribution in [2.24, 2.45) is 0 Å². The molecule has 2 aromatic heterocycles. The van der Waals surface area contributed by atoms with Crippen LogP contribution in [0.3, 0.4) is 0 Å². The first-order valence-electron chi connectivity index (χ1n) is 11.8. The molecule has 192 valence electrons. The van der Waals surface area contributed by atoms with Crippen molar-refractivity contribution < 1.29 is 9.00 Å². The minimum Gasteiger partial charge on any atom is -0.355 e. The van der Waals surface area contributed by atoms with E-state index in [0.717, 1.165) is 25.2 Å². The molecule has 0 saturated heterocycles. The summed E-state index contributed by atoms with van der Waals surface area (Å²) in [6.45, 7) is 4.41. The van der Waals surface area contributed by atoms with Crippen molar-refractivity contribution in [3.05, 3.63) is 66.4 Å². The fourth-order valence-corrected chi connectivity index (χ4v) is 5.06. The average Bonchev–Trinajstić information content (AvgIpc) is 3.40. The van der Waals surface area contributed by atoms with Crippen LogP contribution in [0.25, 0.3) is 22.0 Å². The van der Waals surface area contributed by atoms with Crippen LogP contribution >= 0.6 is 11.3 Å². The lowest BCUT2D eigenvalue weighted by atomic mass is 10.1. The van der Waals surface area contributed by atoms with Crippen molar-refractivity contribution in [3.8, 4) is 22.0 Å². The fraction of sp³-hybridized carbons (Fsp3) is 0.269. The van der Waals surface area contributed by atoms with Crippen molar-refractivity contribution in [3.63, 3.8) is 0 Å². The van der Waals surface area contributed by atoms with Crippen molar-refractivity contribution >= 4 is 39.5 Å². The minimum atomic E-state index is -1.23. The number of aromatic nitrogens is 4. The number of likely N-dealkylation sites (N-methyl/N-ethyl adjacent to an activating group) is 2. The van der Waals surface area contributed by atoms with Gasteiger partial charge < -0.3 is 15.1 Å². The van der Waals surface area contributed by atoms with E-state index in [4.69, 9.17) is 4.98 Å². The van der Waals surface area contributed by atoms with Gasteiger partial charge in [-0.25, -0.2) is 9.97 Å². The molecule has 1 atom stereocenters. The highest BCUT2D eigenvalue weighted by Crippen LogP contribution is 2.31. The normalized spacial score (nSPS) is 11.9. The molecule has 1 amide bonds. The Hall–Kier alpha value is -3.54. The summed E-state index contributed by atoms with van der Waals surface area (Å²) < 4.78 is 12.2. The third-order valence-corrected chi connectivity index (χ3v) is 7.84. The van der Waals surface area contributed by atoms with Crippen molar-refractivity contribution in [1.29, 1.82) is 0 Å². The van der Waals surface area contributed by atoms with E-state index < -0.39 is 10.8 Å². The Morgan fingerprint density at radius 1 is 1.00 bits per heavy atom. The lowest BCUT2D eigenvalue weighted by Crippen LogP contribution is -2.32. The maximum absolute atomic E-state index is 13.5. The Bertz CT molecular complexity index is 1390. The zero-order valence-electron chi connectivity index (χ0n) is 21.2. The van der Waals surface area contributed by atoms with Gasteiger partial charge in [0.05, 0.1) is 16.5 Å². The molecule has 0 aliphatic carbocycles. The molecule has 4 rings (SSSR count). The van der Waals surface area contributed by atoms with Gasteiger partial charge in [-0.3, -0.25) is 9.00 Å². The fourth-order valence-electron chi connectivity index (χ4n) is 3.58. The molecule has 2 heterocycles. The number of benzene rings is 2. The van der Waals surface area contributed by atoms with Crippen LogP contribution in [0.4, 0.5) is 11.5 Å². The topological polar surface area (TPSA) is 104 Å². The number of nitrogens with zero attached hydrogens (tertiary/aromatic N) is 6. The third-order valence-electron chi connectivity index (χ3n) is 5.56. The molecule has 9 nitrogen and oxygen atoms in total. The maximum Gasteiger partial charge on any atom is 0.274 e. The smallest absolute Gasteiger partial charge is 0.274 e. The first kappa shape index (κ1) is 26.5. The second kappa shape index (κ2) is 12.1. The highest BCUT2D eigenvalue weighted by Gasteiger charge is 2.19. The molecule has 0 saturated carbocycles. The Labute approximate surface area is 223 Å². The van der Waals surface area contributed by atoms with Crippen molar-refractivity contribution in [2.75, 3.05) is 50.2 Å². The molecule has 0 fully saturated rings. The van der Waals surface area contributed by atoms with Crippen LogP contribution in [0, 0.1) is 0 Å². The molecule has 11 heteroatoms. The van der Waals surface area contributed by atoms with Crippen LogP contribution in [-0.4, -0.2) is 75.2 Å². The average molecular weight is 536 g/mol. The predicted octanol–water partition coefficient (Wildman–Crippen LogP) is 4.04. The van der Waals surface area contributed by atoms with E-state index in [1.54, 1.807) is 18.4 Å². The van der Waals surface area contributed by atoms with Gasteiger partial charge in [-0.15, -0.1) is 10.2 Å². The highest BCUT2D eigenvalue weighted by atomic mass is 32.2. The number of anilines is 2. The molecular formula is C26H29N7O2S2. The third kappa shape index (κ3) is 6.62. The van der Waals surface area contributed by atoms with Crippen LogP contribution in [0.15, 0.2) is 65.0 Å². The summed E-state index contributed by atoms with van der Waals surface area (Å²) >= 11 is 1.24. The first-order chi connectivity index (χ1) is 17.9. The second-order valence-electron chi connectivity index (χ2n) is 8.51. The molecule has 1 N–H and O–H groups in total. The monoisotopic (exact) mass is 535 g/mol. The standard InChI is InChI=1S/C26H29N7O2S2/c1-5-33(16-15-32(2)3)22-17-21(27-23(29-22)18-11-7-6-8-12-18)24(34)28-20-14-10-9-13-19(20)25-30-31-26(36-25)37(4)35/h6-14,17H,5,15-16H2,1-4H3,(H,28,34). The van der Waals surface area contributed by atoms with Crippen LogP contribution in [0.2, 0.25) is 0 Å². The first-order valence-corrected chi connectivity index (χ1v) is 14.1. The Morgan fingerprint density at radius 3 is 2.41 bits per heavy atom. The van der Waals surface area contributed by atoms with Crippen LogP contribution < -0.4 is 10.2 Å². The summed E-state index contributed by atoms with van der Waals surface area (Å²) in [5, 5.41) is 11.7. The summed E-state index contributed by atoms with van der Waals surface area (Å²) in [7, 11) is 2.82. The molecule has 37 heavy (non-hydrogen) atoms. The van der Waals surface area contributed by atoms with Gasteiger partial charge in [0.25, 0.3) is 5.91 Å². The quantitative estimate of drug-likeness (QED) is 0.325. The second-order valence-corrected chi connectivity index (χ2v) is 11.0. The zero-order chi connectivity index (χ0) is 26.4. The maximum atomic E-state index is 13.5. The van der Waals surface area contributed by atoms with Crippen molar-refractivity contribution in [1.82, 2.24) is 25.1 Å². The van der Waals surface area contributed by atoms with E-state index in [9.17, 15) is 9.00 Å². The molecule has 2 aromatic carbocycles. The highest BCUT2D eigenvalue weighted by molar-refractivity contribution is 7.86. The lowest BCUT2D eigenvalue weighted by molar-refractivity contribution is 0.102. The predicted molar refractivity (Wildman–Crippen MR) is 150 cm³/mol. The van der Waals surface area contributed by atoms with Crippen LogP contribution in [0.5, 0.6) is 0 Å². The van der Waals surface area contributed by atoms with Gasteiger partial charge >= 0.3 is 0 Å². The summed E-state index contributed by atoms with van der Waals surface area (Å²) in [5.41, 5.74) is 2.35. The number of hydrogen-bond acceptors (Lipinski definition) is 9. The van der Waals surface area contributed by atoms with E-state index >= 15 is 0 Å². The molecule has 0 radical (unpaired) electrons. The molecule has 4 aromatic rings. The van der Waals surface area contributed by atoms with E-state index in [0.29, 0.717) is 32.2 Å². The molecule has 0 aliphatic rings. The summed E-state index contributed by atoms with van der Waals surface area (Å²) in [4.78, 5) is 27.2. The summed E-state index contributed by atoms with van der Waals surface area (Å²) in [6, 6.07) is 18.7. The van der Waals surface area contributed by atoms with Gasteiger partial charge in [-0.1, -0.05) is 53.8 Å². The lowest BCUT2D eigenvalue weighted by Gasteiger charge is -2.24. The van der Waals surface area contributed by atoms with Crippen molar-refractivity contribution in [2.45, 2.75) is 11.3 Å². The largest absolute Gasteiger partial charge is 0.355 e. The number of carbonyl (C=O) groups is 1. The molecule has 1 unspecified atom stereocenters. The molecule has 0 aliphatic heterocycles. The van der Waals surface area contributed by atoms with E-state index in [1.165, 1.54) is 11.3 Å². The number of para-hydroxylation sites is 1. The summed E-state index contributed by atoms with van der Waals surface area (Å²) in [6.07, 6.45) is 1.56. The van der Waals surface area contributed by atoms with Crippen LogP contribution in [0.1, 0.15) is 17.4 Å². The zero-order valence-corrected chi connectivity index (χ0v) is 22.8. The number of rotatable bonds is 10. The van der Waals surface area contributed by atoms with Gasteiger partial charge in [0.2, 0.25) is 4.34 Å². The summed E-state index contributed by atoms with van der Waals surface area (Å²) in [5.74, 6) is 0.815. The SMILES string of the molecule is CCN(CCN(C)C)c1cc(C(=O)Nc2ccccc2-c2nnc(S(C)=O)s2)nc(-c2ccccc2)n1. The van der Waals surface area contributed by atoms with Gasteiger partial charge in [-0.05, 0) is 33.2 Å². The Balaban J connectivity index is 1.70. The van der Waals surface area contributed by atoms with E-state index in [2.05, 4.69) is 37.2 Å². The number of nitrogens with one attached hydrogen (secondary N) is 1. The number of carbonyl (C=O) groups excluding carboxylic acids is 1. The molecular weight excluding hydrogens is 506 g/mol. The van der Waals surface area contributed by atoms with Gasteiger partial charge in [0.15, 0.2) is 10.8 Å². The van der Waals surface area contributed by atoms with Crippen LogP contribution in [-0.2, 0) is 10.8 Å². The Morgan fingerprint density at radius 2 is 1.73 bits per heavy atom. The van der Waals surface area contributed by atoms with E-state index in [1.807, 2.05) is 62.6 Å². The van der Waals surface area contributed by atoms with Gasteiger partial charge in [-0.2, -0.15) is 0 Å². The minimum absolute atomic E-state index is 0.259. The van der Waals surface area contributed by atoms with Gasteiger partial charge in [0, 0.05) is 43.1 Å². The molecule has 0 spiro atoms. The number of amides is 1. The van der Waals surface area contributed by atoms with Gasteiger partial charge in [0.1, 0.15) is 11.5 Å².